The van der Waals surface area contributed by atoms with Crippen molar-refractivity contribution in [2.75, 3.05) is 0 Å². The van der Waals surface area contributed by atoms with Crippen molar-refractivity contribution < 1.29 is 8.83 Å². The molecule has 352 valence electrons. The Balaban J connectivity index is 0.836. The zero-order valence-electron chi connectivity index (χ0n) is 40.6. The molecule has 76 heavy (non-hydrogen) atoms. The molecule has 5 nitrogen and oxygen atoms in total. The first kappa shape index (κ1) is 41.7. The number of furan rings is 2. The lowest BCUT2D eigenvalue weighted by Gasteiger charge is -2.30. The maximum atomic E-state index is 6.70. The second kappa shape index (κ2) is 15.6. The summed E-state index contributed by atoms with van der Waals surface area (Å²) in [6, 6.07) is 85.1. The summed E-state index contributed by atoms with van der Waals surface area (Å²) in [4.78, 5) is 16.1. The van der Waals surface area contributed by atoms with Gasteiger partial charge < -0.3 is 8.83 Å². The van der Waals surface area contributed by atoms with Crippen molar-refractivity contribution in [1.29, 1.82) is 0 Å². The molecule has 0 unspecified atom stereocenters. The van der Waals surface area contributed by atoms with Crippen molar-refractivity contribution in [2.45, 2.75) is 5.41 Å². The fraction of sp³-hybridized carbons (Fsp3) is 0.0143. The Labute approximate surface area is 439 Å². The molecule has 2 aliphatic carbocycles. The molecule has 4 heterocycles. The van der Waals surface area contributed by atoms with Crippen LogP contribution in [0.3, 0.4) is 0 Å². The van der Waals surface area contributed by atoms with Crippen LogP contribution in [0.5, 0.6) is 0 Å². The number of para-hydroxylation sites is 1. The number of fused-ring (bicyclic) bond motifs is 19. The van der Waals surface area contributed by atoms with Crippen LogP contribution in [0, 0.1) is 0 Å². The predicted molar refractivity (Wildman–Crippen MR) is 311 cm³/mol. The van der Waals surface area contributed by atoms with E-state index >= 15 is 0 Å². The van der Waals surface area contributed by atoms with Crippen molar-refractivity contribution in [1.82, 2.24) is 15.0 Å². The fourth-order valence-corrected chi connectivity index (χ4v) is 14.1. The van der Waals surface area contributed by atoms with E-state index in [2.05, 4.69) is 200 Å². The van der Waals surface area contributed by atoms with Crippen LogP contribution in [0.15, 0.2) is 245 Å². The van der Waals surface area contributed by atoms with Crippen molar-refractivity contribution in [2.24, 2.45) is 0 Å². The topological polar surface area (TPSA) is 65.0 Å². The van der Waals surface area contributed by atoms with Gasteiger partial charge in [0.05, 0.1) is 5.41 Å². The zero-order chi connectivity index (χ0) is 49.6. The SMILES string of the molecule is c1cc(-c2ccc3oc4cccc(-c5nc(-c6ccc7oc8ccccc8c7c6)nc(-c6cccc7sc8ccccc8c67)n5)c4c3c2)cc(-c2cccc3c2-c2ccccc2C32c3ccccc3-c3ccccc32)c1. The highest BCUT2D eigenvalue weighted by Crippen LogP contribution is 2.64. The van der Waals surface area contributed by atoms with Gasteiger partial charge in [-0.2, -0.15) is 0 Å². The van der Waals surface area contributed by atoms with E-state index in [1.165, 1.54) is 70.4 Å². The molecule has 0 atom stereocenters. The molecule has 2 aliphatic rings. The van der Waals surface area contributed by atoms with E-state index in [9.17, 15) is 0 Å². The molecule has 0 saturated carbocycles. The highest BCUT2D eigenvalue weighted by atomic mass is 32.1. The lowest BCUT2D eigenvalue weighted by atomic mass is 9.70. The second-order valence-electron chi connectivity index (χ2n) is 20.1. The fourth-order valence-electron chi connectivity index (χ4n) is 13.0. The normalized spacial score (nSPS) is 13.1. The van der Waals surface area contributed by atoms with Gasteiger partial charge in [0.2, 0.25) is 0 Å². The second-order valence-corrected chi connectivity index (χ2v) is 21.2. The number of benzene rings is 11. The number of aromatic nitrogens is 3. The molecule has 0 N–H and O–H groups in total. The smallest absolute Gasteiger partial charge is 0.164 e. The van der Waals surface area contributed by atoms with Crippen LogP contribution >= 0.6 is 11.3 Å². The Morgan fingerprint density at radius 2 is 0.789 bits per heavy atom. The largest absolute Gasteiger partial charge is 0.456 e. The standard InChI is InChI=1S/C70H39N3O2S/c1-6-25-54-45(17-1)46-18-2-7-26-55(46)70(54)56-27-8-3-20-48(56)64-44(22-12-28-57(64)70)42-16-11-15-40(37-42)41-33-35-60-53(38-41)65-50(23-13-30-61(65)75-60)68-71-67(43-34-36-59-52(39-43)47-19-4-9-29-58(47)74-59)72-69(73-68)51-24-14-32-63-66(51)49-21-5-10-31-62(49)76-63/h1-39H. The third-order valence-corrected chi connectivity index (χ3v) is 17.3. The Morgan fingerprint density at radius 3 is 1.61 bits per heavy atom. The first-order chi connectivity index (χ1) is 37.7. The summed E-state index contributed by atoms with van der Waals surface area (Å²) < 4.78 is 15.4. The highest BCUT2D eigenvalue weighted by molar-refractivity contribution is 7.25. The van der Waals surface area contributed by atoms with Gasteiger partial charge >= 0.3 is 0 Å². The monoisotopic (exact) mass is 985 g/mol. The Morgan fingerprint density at radius 1 is 0.289 bits per heavy atom. The van der Waals surface area contributed by atoms with Crippen LogP contribution < -0.4 is 0 Å². The molecule has 0 saturated heterocycles. The minimum Gasteiger partial charge on any atom is -0.456 e. The molecule has 0 radical (unpaired) electrons. The van der Waals surface area contributed by atoms with Gasteiger partial charge in [-0.05, 0) is 127 Å². The summed E-state index contributed by atoms with van der Waals surface area (Å²) in [6.45, 7) is 0. The van der Waals surface area contributed by atoms with E-state index in [0.29, 0.717) is 17.5 Å². The molecular formula is C70H39N3O2S. The molecule has 4 aromatic heterocycles. The highest BCUT2D eigenvalue weighted by Gasteiger charge is 2.52. The van der Waals surface area contributed by atoms with Gasteiger partial charge in [0.1, 0.15) is 22.3 Å². The summed E-state index contributed by atoms with van der Waals surface area (Å²) in [6.07, 6.45) is 0. The van der Waals surface area contributed by atoms with Gasteiger partial charge in [-0.1, -0.05) is 176 Å². The van der Waals surface area contributed by atoms with Crippen LogP contribution in [0.2, 0.25) is 0 Å². The van der Waals surface area contributed by atoms with E-state index in [1.54, 1.807) is 11.3 Å². The lowest BCUT2D eigenvalue weighted by Crippen LogP contribution is -2.25. The molecule has 0 bridgehead atoms. The van der Waals surface area contributed by atoms with Crippen LogP contribution in [0.4, 0.5) is 0 Å². The number of hydrogen-bond acceptors (Lipinski definition) is 6. The molecule has 1 spiro atoms. The van der Waals surface area contributed by atoms with E-state index in [4.69, 9.17) is 23.8 Å². The molecular weight excluding hydrogens is 947 g/mol. The third kappa shape index (κ3) is 5.76. The van der Waals surface area contributed by atoms with Gasteiger partial charge in [0.15, 0.2) is 17.5 Å². The average Bonchev–Trinajstić information content (AvgIpc) is 4.45. The van der Waals surface area contributed by atoms with Crippen LogP contribution in [0.1, 0.15) is 22.3 Å². The molecule has 0 amide bonds. The number of rotatable bonds is 5. The van der Waals surface area contributed by atoms with E-state index in [1.807, 2.05) is 36.4 Å². The number of hydrogen-bond donors (Lipinski definition) is 0. The third-order valence-electron chi connectivity index (χ3n) is 16.2. The maximum absolute atomic E-state index is 6.70. The predicted octanol–water partition coefficient (Wildman–Crippen LogP) is 18.7. The molecule has 15 aromatic rings. The summed E-state index contributed by atoms with van der Waals surface area (Å²) in [7, 11) is 0. The van der Waals surface area contributed by atoms with Crippen molar-refractivity contribution in [3.8, 4) is 78.7 Å². The van der Waals surface area contributed by atoms with E-state index < -0.39 is 5.41 Å². The van der Waals surface area contributed by atoms with Gasteiger partial charge in [0, 0.05) is 58.4 Å². The van der Waals surface area contributed by atoms with Crippen molar-refractivity contribution >= 4 is 75.4 Å². The summed E-state index contributed by atoms with van der Waals surface area (Å²) in [5, 5.41) is 6.33. The number of thiophene rings is 1. The van der Waals surface area contributed by atoms with E-state index in [0.717, 1.165) is 77.1 Å². The van der Waals surface area contributed by atoms with Gasteiger partial charge in [-0.3, -0.25) is 0 Å². The summed E-state index contributed by atoms with van der Waals surface area (Å²) in [5.41, 5.74) is 20.6. The molecule has 11 aromatic carbocycles. The quantitative estimate of drug-likeness (QED) is 0.172. The first-order valence-electron chi connectivity index (χ1n) is 25.7. The molecule has 6 heteroatoms. The minimum atomic E-state index is -0.411. The average molecular weight is 986 g/mol. The Kier molecular flexibility index (Phi) is 8.58. The van der Waals surface area contributed by atoms with Gasteiger partial charge in [-0.15, -0.1) is 11.3 Å². The number of nitrogens with zero attached hydrogens (tertiary/aromatic N) is 3. The van der Waals surface area contributed by atoms with Gasteiger partial charge in [-0.25, -0.2) is 15.0 Å². The zero-order valence-corrected chi connectivity index (χ0v) is 41.4. The summed E-state index contributed by atoms with van der Waals surface area (Å²) >= 11 is 1.79. The van der Waals surface area contributed by atoms with Crippen LogP contribution in [-0.2, 0) is 5.41 Å². The van der Waals surface area contributed by atoms with Crippen LogP contribution in [-0.4, -0.2) is 15.0 Å². The Bertz CT molecular complexity index is 4930. The van der Waals surface area contributed by atoms with Crippen molar-refractivity contribution in [3.05, 3.63) is 259 Å². The first-order valence-corrected chi connectivity index (χ1v) is 26.5. The maximum Gasteiger partial charge on any atom is 0.164 e. The van der Waals surface area contributed by atoms with Crippen molar-refractivity contribution in [3.63, 3.8) is 0 Å². The summed E-state index contributed by atoms with van der Waals surface area (Å²) in [5.74, 6) is 1.75. The lowest BCUT2D eigenvalue weighted by molar-refractivity contribution is 0.668. The molecule has 17 rings (SSSR count). The van der Waals surface area contributed by atoms with Gasteiger partial charge in [0.25, 0.3) is 0 Å². The molecule has 0 fully saturated rings. The minimum absolute atomic E-state index is 0.411. The van der Waals surface area contributed by atoms with Crippen LogP contribution in [0.25, 0.3) is 143 Å². The van der Waals surface area contributed by atoms with E-state index in [-0.39, 0.29) is 0 Å². The molecule has 0 aliphatic heterocycles. The Hall–Kier alpha value is -9.75.